The van der Waals surface area contributed by atoms with E-state index in [4.69, 9.17) is 0 Å². The third kappa shape index (κ3) is 7.19. The second kappa shape index (κ2) is 10.2. The summed E-state index contributed by atoms with van der Waals surface area (Å²) in [5.41, 5.74) is 0. The zero-order valence-corrected chi connectivity index (χ0v) is 14.7. The lowest BCUT2D eigenvalue weighted by molar-refractivity contribution is -0.122. The maximum Gasteiger partial charge on any atom is 0.242 e. The summed E-state index contributed by atoms with van der Waals surface area (Å²) in [6.07, 6.45) is 7.86. The monoisotopic (exact) mass is 337 g/mol. The van der Waals surface area contributed by atoms with Gasteiger partial charge >= 0.3 is 0 Å². The average Bonchev–Trinajstić information content (AvgIpc) is 3.42. The van der Waals surface area contributed by atoms with Crippen molar-refractivity contribution in [2.75, 3.05) is 26.2 Å². The molecule has 4 N–H and O–H groups in total. The zero-order valence-electron chi connectivity index (χ0n) is 14.7. The molecule has 7 nitrogen and oxygen atoms in total. The summed E-state index contributed by atoms with van der Waals surface area (Å²) in [7, 11) is 0. The summed E-state index contributed by atoms with van der Waals surface area (Å²) < 4.78 is 0. The first-order chi connectivity index (χ1) is 11.7. The molecule has 0 bridgehead atoms. The number of amides is 2. The van der Waals surface area contributed by atoms with Gasteiger partial charge in [0.05, 0.1) is 0 Å². The molecule has 0 aliphatic heterocycles. The van der Waals surface area contributed by atoms with Crippen LogP contribution in [0.1, 0.15) is 51.9 Å². The van der Waals surface area contributed by atoms with Gasteiger partial charge in [0.25, 0.3) is 0 Å². The van der Waals surface area contributed by atoms with Gasteiger partial charge in [0, 0.05) is 31.6 Å². The Kier molecular flexibility index (Phi) is 7.85. The number of hydrogen-bond donors (Lipinski definition) is 4. The van der Waals surface area contributed by atoms with Crippen LogP contribution < -0.4 is 21.3 Å². The highest BCUT2D eigenvalue weighted by Gasteiger charge is 2.28. The van der Waals surface area contributed by atoms with Crippen molar-refractivity contribution in [3.8, 4) is 0 Å². The minimum absolute atomic E-state index is 0.0267. The molecule has 2 aliphatic carbocycles. The highest BCUT2D eigenvalue weighted by molar-refractivity contribution is 5.85. The second-order valence-corrected chi connectivity index (χ2v) is 6.59. The number of guanidine groups is 1. The first kappa shape index (κ1) is 18.5. The molecule has 0 spiro atoms. The Morgan fingerprint density at radius 1 is 0.958 bits per heavy atom. The molecule has 2 amide bonds. The average molecular weight is 337 g/mol. The van der Waals surface area contributed by atoms with Gasteiger partial charge in [-0.2, -0.15) is 0 Å². The number of aliphatic imine (C=N–C) groups is 1. The van der Waals surface area contributed by atoms with E-state index >= 15 is 0 Å². The molecule has 0 unspecified atom stereocenters. The highest BCUT2D eigenvalue weighted by Crippen LogP contribution is 2.28. The van der Waals surface area contributed by atoms with Crippen LogP contribution in [0.2, 0.25) is 0 Å². The number of carbonyl (C=O) groups is 2. The Morgan fingerprint density at radius 2 is 1.67 bits per heavy atom. The minimum Gasteiger partial charge on any atom is -0.357 e. The van der Waals surface area contributed by atoms with E-state index in [9.17, 15) is 9.59 Å². The lowest BCUT2D eigenvalue weighted by Crippen LogP contribution is -2.43. The van der Waals surface area contributed by atoms with E-state index in [-0.39, 0.29) is 24.3 Å². The van der Waals surface area contributed by atoms with Gasteiger partial charge in [-0.1, -0.05) is 19.3 Å². The number of nitrogens with one attached hydrogen (secondary N) is 4. The fourth-order valence-electron chi connectivity index (χ4n) is 2.87. The lowest BCUT2D eigenvalue weighted by Gasteiger charge is -2.22. The van der Waals surface area contributed by atoms with Crippen LogP contribution in [-0.4, -0.2) is 50.0 Å². The van der Waals surface area contributed by atoms with Gasteiger partial charge in [0.2, 0.25) is 11.8 Å². The molecule has 2 saturated carbocycles. The molecular weight excluding hydrogens is 306 g/mol. The third-order valence-corrected chi connectivity index (χ3v) is 4.36. The van der Waals surface area contributed by atoms with Crippen LogP contribution in [0.5, 0.6) is 0 Å². The molecule has 136 valence electrons. The number of carbonyl (C=O) groups excluding carboxylic acids is 2. The summed E-state index contributed by atoms with van der Waals surface area (Å²) in [6, 6.07) is 0.314. The molecule has 0 atom stereocenters. The SMILES string of the molecule is CCNC(=NCC(=O)NC1CCCCC1)NCCNC(=O)C1CC1. The fraction of sp³-hybridized carbons (Fsp3) is 0.824. The van der Waals surface area contributed by atoms with Crippen molar-refractivity contribution >= 4 is 17.8 Å². The summed E-state index contributed by atoms with van der Waals surface area (Å²) in [6.45, 7) is 3.99. The van der Waals surface area contributed by atoms with E-state index in [1.165, 1.54) is 19.3 Å². The molecule has 0 radical (unpaired) electrons. The lowest BCUT2D eigenvalue weighted by atomic mass is 9.95. The van der Waals surface area contributed by atoms with Crippen molar-refractivity contribution in [3.63, 3.8) is 0 Å². The number of rotatable bonds is 8. The van der Waals surface area contributed by atoms with Crippen LogP contribution in [0.4, 0.5) is 0 Å². The quantitative estimate of drug-likeness (QED) is 0.295. The van der Waals surface area contributed by atoms with Crippen LogP contribution in [-0.2, 0) is 9.59 Å². The van der Waals surface area contributed by atoms with Gasteiger partial charge in [-0.05, 0) is 32.6 Å². The normalized spacial score (nSPS) is 18.8. The van der Waals surface area contributed by atoms with Gasteiger partial charge < -0.3 is 21.3 Å². The Hall–Kier alpha value is -1.79. The zero-order chi connectivity index (χ0) is 17.2. The van der Waals surface area contributed by atoms with Crippen LogP contribution in [0.15, 0.2) is 4.99 Å². The summed E-state index contributed by atoms with van der Waals surface area (Å²) in [5, 5.41) is 12.2. The van der Waals surface area contributed by atoms with E-state index in [2.05, 4.69) is 26.3 Å². The van der Waals surface area contributed by atoms with Crippen molar-refractivity contribution in [1.29, 1.82) is 0 Å². The van der Waals surface area contributed by atoms with Gasteiger partial charge in [0.15, 0.2) is 5.96 Å². The van der Waals surface area contributed by atoms with Crippen LogP contribution in [0.3, 0.4) is 0 Å². The van der Waals surface area contributed by atoms with E-state index in [1.54, 1.807) is 0 Å². The van der Waals surface area contributed by atoms with Gasteiger partial charge in [-0.15, -0.1) is 0 Å². The molecule has 2 aliphatic rings. The van der Waals surface area contributed by atoms with Crippen molar-refractivity contribution in [2.45, 2.75) is 57.9 Å². The molecule has 2 rings (SSSR count). The van der Waals surface area contributed by atoms with E-state index in [0.717, 1.165) is 32.2 Å². The van der Waals surface area contributed by atoms with Gasteiger partial charge in [-0.3, -0.25) is 9.59 Å². The van der Waals surface area contributed by atoms with Gasteiger partial charge in [-0.25, -0.2) is 4.99 Å². The van der Waals surface area contributed by atoms with Crippen molar-refractivity contribution < 1.29 is 9.59 Å². The Balaban J connectivity index is 1.64. The fourth-order valence-corrected chi connectivity index (χ4v) is 2.87. The largest absolute Gasteiger partial charge is 0.357 e. The predicted molar refractivity (Wildman–Crippen MR) is 94.7 cm³/mol. The molecular formula is C17H31N5O2. The molecule has 0 aromatic heterocycles. The number of nitrogens with zero attached hydrogens (tertiary/aromatic N) is 1. The first-order valence-electron chi connectivity index (χ1n) is 9.28. The summed E-state index contributed by atoms with van der Waals surface area (Å²) in [4.78, 5) is 27.8. The van der Waals surface area contributed by atoms with E-state index < -0.39 is 0 Å². The van der Waals surface area contributed by atoms with Crippen molar-refractivity contribution in [1.82, 2.24) is 21.3 Å². The summed E-state index contributed by atoms with van der Waals surface area (Å²) >= 11 is 0. The molecule has 0 heterocycles. The molecule has 0 aromatic carbocycles. The maximum absolute atomic E-state index is 12.0. The summed E-state index contributed by atoms with van der Waals surface area (Å²) in [5.74, 6) is 0.957. The molecule has 0 aromatic rings. The van der Waals surface area contributed by atoms with Crippen molar-refractivity contribution in [2.24, 2.45) is 10.9 Å². The van der Waals surface area contributed by atoms with Crippen LogP contribution in [0.25, 0.3) is 0 Å². The second-order valence-electron chi connectivity index (χ2n) is 6.59. The maximum atomic E-state index is 12.0. The third-order valence-electron chi connectivity index (χ3n) is 4.36. The molecule has 2 fully saturated rings. The minimum atomic E-state index is -0.0267. The standard InChI is InChI=1S/C17H31N5O2/c1-2-18-17(20-11-10-19-16(24)13-8-9-13)21-12-15(23)22-14-6-4-3-5-7-14/h13-14H,2-12H2,1H3,(H,19,24)(H,22,23)(H2,18,20,21). The predicted octanol–water partition coefficient (Wildman–Crippen LogP) is 0.517. The first-order valence-corrected chi connectivity index (χ1v) is 9.28. The van der Waals surface area contributed by atoms with E-state index in [0.29, 0.717) is 25.1 Å². The highest BCUT2D eigenvalue weighted by atomic mass is 16.2. The van der Waals surface area contributed by atoms with Crippen LogP contribution in [0, 0.1) is 5.92 Å². The molecule has 24 heavy (non-hydrogen) atoms. The molecule has 0 saturated heterocycles. The topological polar surface area (TPSA) is 94.6 Å². The Bertz CT molecular complexity index is 442. The smallest absolute Gasteiger partial charge is 0.242 e. The Morgan fingerprint density at radius 3 is 2.33 bits per heavy atom. The number of hydrogen-bond acceptors (Lipinski definition) is 3. The van der Waals surface area contributed by atoms with Gasteiger partial charge in [0.1, 0.15) is 6.54 Å². The Labute approximate surface area is 144 Å². The van der Waals surface area contributed by atoms with Crippen molar-refractivity contribution in [3.05, 3.63) is 0 Å². The molecule has 7 heteroatoms. The van der Waals surface area contributed by atoms with Crippen LogP contribution >= 0.6 is 0 Å². The van der Waals surface area contributed by atoms with E-state index in [1.807, 2.05) is 6.92 Å².